The summed E-state index contributed by atoms with van der Waals surface area (Å²) in [5, 5.41) is 15.6. The van der Waals surface area contributed by atoms with Gasteiger partial charge in [0.25, 0.3) is 0 Å². The van der Waals surface area contributed by atoms with Crippen LogP contribution in [0, 0.1) is 0 Å². The molecular formula is C44H26S. The van der Waals surface area contributed by atoms with Crippen LogP contribution in [0.15, 0.2) is 158 Å². The van der Waals surface area contributed by atoms with E-state index < -0.39 is 0 Å². The largest absolute Gasteiger partial charge is 0.135 e. The van der Waals surface area contributed by atoms with Crippen molar-refractivity contribution in [3.8, 4) is 22.3 Å². The first-order chi connectivity index (χ1) is 22.3. The molecule has 0 atom stereocenters. The van der Waals surface area contributed by atoms with Gasteiger partial charge in [0.05, 0.1) is 0 Å². The van der Waals surface area contributed by atoms with Crippen molar-refractivity contribution < 1.29 is 0 Å². The van der Waals surface area contributed by atoms with Crippen LogP contribution in [0.2, 0.25) is 0 Å². The Morgan fingerprint density at radius 1 is 0.267 bits per heavy atom. The van der Waals surface area contributed by atoms with Crippen LogP contribution in [0.5, 0.6) is 0 Å². The zero-order chi connectivity index (χ0) is 29.5. The van der Waals surface area contributed by atoms with Gasteiger partial charge in [0, 0.05) is 20.2 Å². The van der Waals surface area contributed by atoms with Gasteiger partial charge in [-0.3, -0.25) is 0 Å². The minimum Gasteiger partial charge on any atom is -0.135 e. The van der Waals surface area contributed by atoms with E-state index in [4.69, 9.17) is 0 Å². The van der Waals surface area contributed by atoms with Gasteiger partial charge in [0.15, 0.2) is 0 Å². The first-order valence-corrected chi connectivity index (χ1v) is 16.3. The van der Waals surface area contributed by atoms with Crippen molar-refractivity contribution in [2.45, 2.75) is 0 Å². The van der Waals surface area contributed by atoms with Crippen molar-refractivity contribution in [2.24, 2.45) is 0 Å². The van der Waals surface area contributed by atoms with Gasteiger partial charge in [-0.2, -0.15) is 0 Å². The number of rotatable bonds is 2. The van der Waals surface area contributed by atoms with Gasteiger partial charge < -0.3 is 0 Å². The van der Waals surface area contributed by atoms with Crippen LogP contribution in [0.1, 0.15) is 0 Å². The summed E-state index contributed by atoms with van der Waals surface area (Å²) in [4.78, 5) is 0. The van der Waals surface area contributed by atoms with Gasteiger partial charge in [-0.05, 0) is 100 Å². The molecule has 0 spiro atoms. The molecule has 0 aliphatic rings. The topological polar surface area (TPSA) is 0 Å². The maximum absolute atomic E-state index is 2.42. The Bertz CT molecular complexity index is 2760. The zero-order valence-electron chi connectivity index (χ0n) is 24.4. The van der Waals surface area contributed by atoms with Crippen LogP contribution in [0.25, 0.3) is 96.3 Å². The molecule has 1 heterocycles. The molecule has 0 saturated carbocycles. The Labute approximate surface area is 264 Å². The Kier molecular flexibility index (Phi) is 5.25. The lowest BCUT2D eigenvalue weighted by molar-refractivity contribution is 1.69. The van der Waals surface area contributed by atoms with Crippen LogP contribution < -0.4 is 0 Å². The molecule has 10 aromatic rings. The summed E-state index contributed by atoms with van der Waals surface area (Å²) in [5.74, 6) is 0. The lowest BCUT2D eigenvalue weighted by Gasteiger charge is -2.18. The molecule has 0 aliphatic carbocycles. The summed E-state index contributed by atoms with van der Waals surface area (Å²) in [6, 6.07) is 58.6. The van der Waals surface area contributed by atoms with E-state index in [1.54, 1.807) is 0 Å². The van der Waals surface area contributed by atoms with Crippen molar-refractivity contribution in [3.63, 3.8) is 0 Å². The second-order valence-electron chi connectivity index (χ2n) is 12.1. The molecule has 1 heteroatoms. The van der Waals surface area contributed by atoms with E-state index in [9.17, 15) is 0 Å². The Morgan fingerprint density at radius 3 is 1.40 bits per heavy atom. The van der Waals surface area contributed by atoms with Crippen LogP contribution >= 0.6 is 11.3 Å². The van der Waals surface area contributed by atoms with Gasteiger partial charge in [-0.1, -0.05) is 133 Å². The van der Waals surface area contributed by atoms with Crippen LogP contribution in [-0.2, 0) is 0 Å². The molecule has 208 valence electrons. The summed E-state index contributed by atoms with van der Waals surface area (Å²) < 4.78 is 2.67. The molecule has 0 nitrogen and oxygen atoms in total. The fourth-order valence-corrected chi connectivity index (χ4v) is 8.70. The van der Waals surface area contributed by atoms with E-state index in [1.807, 2.05) is 11.3 Å². The summed E-state index contributed by atoms with van der Waals surface area (Å²) in [5.41, 5.74) is 5.13. The molecule has 10 rings (SSSR count). The summed E-state index contributed by atoms with van der Waals surface area (Å²) in [6.07, 6.45) is 0. The fraction of sp³-hybridized carbons (Fsp3) is 0. The molecule has 1 aromatic heterocycles. The first-order valence-electron chi connectivity index (χ1n) is 15.5. The van der Waals surface area contributed by atoms with Crippen molar-refractivity contribution >= 4 is 85.4 Å². The molecule has 0 aliphatic heterocycles. The lowest BCUT2D eigenvalue weighted by atomic mass is 9.85. The van der Waals surface area contributed by atoms with Gasteiger partial charge in [-0.15, -0.1) is 11.3 Å². The maximum Gasteiger partial charge on any atom is 0.0361 e. The summed E-state index contributed by atoms with van der Waals surface area (Å²) in [7, 11) is 0. The minimum absolute atomic E-state index is 1.25. The highest BCUT2D eigenvalue weighted by molar-refractivity contribution is 7.25. The van der Waals surface area contributed by atoms with Crippen molar-refractivity contribution in [1.82, 2.24) is 0 Å². The van der Waals surface area contributed by atoms with Crippen LogP contribution in [0.4, 0.5) is 0 Å². The second-order valence-corrected chi connectivity index (χ2v) is 13.2. The molecule has 0 bridgehead atoms. The van der Waals surface area contributed by atoms with Gasteiger partial charge in [0.1, 0.15) is 0 Å². The van der Waals surface area contributed by atoms with E-state index in [2.05, 4.69) is 158 Å². The van der Waals surface area contributed by atoms with Crippen LogP contribution in [0.3, 0.4) is 0 Å². The monoisotopic (exact) mass is 586 g/mol. The molecule has 0 unspecified atom stereocenters. The zero-order valence-corrected chi connectivity index (χ0v) is 25.2. The van der Waals surface area contributed by atoms with E-state index in [0.29, 0.717) is 0 Å². The van der Waals surface area contributed by atoms with E-state index in [0.717, 1.165) is 0 Å². The van der Waals surface area contributed by atoms with E-state index in [1.165, 1.54) is 96.3 Å². The first kappa shape index (κ1) is 24.9. The van der Waals surface area contributed by atoms with Gasteiger partial charge in [-0.25, -0.2) is 0 Å². The average molecular weight is 587 g/mol. The Hall–Kier alpha value is -5.50. The van der Waals surface area contributed by atoms with Crippen molar-refractivity contribution in [3.05, 3.63) is 158 Å². The SMILES string of the molecule is c1ccc2cc3c(cc2c1)sc1cc(-c2c4ccccc4c(-c4ccc5ccc6ccccc6c5c4)c4ccccc24)ccc13. The third-order valence-electron chi connectivity index (χ3n) is 9.60. The number of thiophene rings is 1. The Balaban J connectivity index is 1.25. The fourth-order valence-electron chi connectivity index (χ4n) is 7.53. The normalized spacial score (nSPS) is 12.0. The number of hydrogen-bond donors (Lipinski definition) is 0. The van der Waals surface area contributed by atoms with Crippen molar-refractivity contribution in [2.75, 3.05) is 0 Å². The number of benzene rings is 9. The maximum atomic E-state index is 2.42. The van der Waals surface area contributed by atoms with Gasteiger partial charge >= 0.3 is 0 Å². The smallest absolute Gasteiger partial charge is 0.0361 e. The molecule has 0 radical (unpaired) electrons. The summed E-state index contributed by atoms with van der Waals surface area (Å²) >= 11 is 1.90. The van der Waals surface area contributed by atoms with Gasteiger partial charge in [0.2, 0.25) is 0 Å². The second kappa shape index (κ2) is 9.50. The van der Waals surface area contributed by atoms with Crippen LogP contribution in [-0.4, -0.2) is 0 Å². The molecule has 0 N–H and O–H groups in total. The third kappa shape index (κ3) is 3.72. The average Bonchev–Trinajstić information content (AvgIpc) is 3.45. The number of fused-ring (bicyclic) bond motifs is 9. The quantitative estimate of drug-likeness (QED) is 0.140. The predicted octanol–water partition coefficient (Wildman–Crippen LogP) is 13.2. The molecular weight excluding hydrogens is 561 g/mol. The highest BCUT2D eigenvalue weighted by Crippen LogP contribution is 2.46. The van der Waals surface area contributed by atoms with Crippen molar-refractivity contribution in [1.29, 1.82) is 0 Å². The molecule has 9 aromatic carbocycles. The van der Waals surface area contributed by atoms with E-state index >= 15 is 0 Å². The van der Waals surface area contributed by atoms with E-state index in [-0.39, 0.29) is 0 Å². The summed E-state index contributed by atoms with van der Waals surface area (Å²) in [6.45, 7) is 0. The Morgan fingerprint density at radius 2 is 0.733 bits per heavy atom. The number of hydrogen-bond acceptors (Lipinski definition) is 1. The molecule has 45 heavy (non-hydrogen) atoms. The predicted molar refractivity (Wildman–Crippen MR) is 198 cm³/mol. The molecule has 0 amide bonds. The minimum atomic E-state index is 1.25. The standard InChI is InChI=1S/C44H26S/c1-2-11-30-25-42-40(23-29(30)10-1)34-22-21-32(26-41(34)45-42)44-37-15-7-5-13-35(37)43(36-14-6-8-16-38(36)44)31-20-19-28-18-17-27-9-3-4-12-33(27)39(28)24-31/h1-26H. The lowest BCUT2D eigenvalue weighted by Crippen LogP contribution is -1.91. The third-order valence-corrected chi connectivity index (χ3v) is 10.7. The highest BCUT2D eigenvalue weighted by Gasteiger charge is 2.18. The molecule has 0 fully saturated rings. The molecule has 0 saturated heterocycles. The highest BCUT2D eigenvalue weighted by atomic mass is 32.1.